The van der Waals surface area contributed by atoms with Crippen LogP contribution in [0.1, 0.15) is 30.4 Å². The van der Waals surface area contributed by atoms with Crippen molar-refractivity contribution in [3.8, 4) is 0 Å². The van der Waals surface area contributed by atoms with Crippen molar-refractivity contribution in [2.24, 2.45) is 4.99 Å². The van der Waals surface area contributed by atoms with Crippen LogP contribution in [0, 0.1) is 0 Å². The van der Waals surface area contributed by atoms with Gasteiger partial charge in [0.2, 0.25) is 6.08 Å². The molecule has 1 heterocycles. The van der Waals surface area contributed by atoms with Gasteiger partial charge in [0.15, 0.2) is 0 Å². The van der Waals surface area contributed by atoms with Gasteiger partial charge in [0, 0.05) is 19.3 Å². The van der Waals surface area contributed by atoms with E-state index in [0.717, 1.165) is 32.2 Å². The minimum Gasteiger partial charge on any atom is -0.374 e. The lowest BCUT2D eigenvalue weighted by Crippen LogP contribution is -2.32. The monoisotopic (exact) mass is 228 g/mol. The van der Waals surface area contributed by atoms with Crippen molar-refractivity contribution in [2.75, 3.05) is 18.5 Å². The highest BCUT2D eigenvalue weighted by Crippen LogP contribution is 2.46. The van der Waals surface area contributed by atoms with E-state index in [1.165, 1.54) is 16.8 Å². The number of isocyanates is 1. The Morgan fingerprint density at radius 3 is 2.88 bits per heavy atom. The maximum Gasteiger partial charge on any atom is 0.235 e. The van der Waals surface area contributed by atoms with Gasteiger partial charge in [-0.1, -0.05) is 12.1 Å². The number of rotatable bonds is 2. The molecule has 1 aromatic carbocycles. The van der Waals surface area contributed by atoms with E-state index in [4.69, 9.17) is 0 Å². The van der Waals surface area contributed by atoms with Crippen LogP contribution in [-0.4, -0.2) is 19.7 Å². The molecule has 0 N–H and O–H groups in total. The van der Waals surface area contributed by atoms with Crippen molar-refractivity contribution in [1.82, 2.24) is 0 Å². The molecular formula is C14H16N2O. The summed E-state index contributed by atoms with van der Waals surface area (Å²) in [6.45, 7) is 1.09. The summed E-state index contributed by atoms with van der Waals surface area (Å²) in [5.41, 5.74) is 3.62. The van der Waals surface area contributed by atoms with Gasteiger partial charge in [-0.05, 0) is 42.9 Å². The van der Waals surface area contributed by atoms with E-state index in [2.05, 4.69) is 35.1 Å². The van der Waals surface area contributed by atoms with Gasteiger partial charge < -0.3 is 4.90 Å². The van der Waals surface area contributed by atoms with Gasteiger partial charge >= 0.3 is 0 Å². The first-order valence-electron chi connectivity index (χ1n) is 6.19. The van der Waals surface area contributed by atoms with Crippen LogP contribution in [-0.2, 0) is 16.8 Å². The second-order valence-corrected chi connectivity index (χ2v) is 5.10. The Morgan fingerprint density at radius 2 is 2.24 bits per heavy atom. The number of aliphatic imine (C=N–C) groups is 1. The topological polar surface area (TPSA) is 32.7 Å². The lowest BCUT2D eigenvalue weighted by atomic mass is 9.72. The minimum atomic E-state index is -0.264. The van der Waals surface area contributed by atoms with Crippen molar-refractivity contribution in [3.63, 3.8) is 0 Å². The van der Waals surface area contributed by atoms with E-state index in [-0.39, 0.29) is 5.54 Å². The smallest absolute Gasteiger partial charge is 0.235 e. The molecule has 2 aliphatic rings. The van der Waals surface area contributed by atoms with Crippen LogP contribution in [0.15, 0.2) is 23.2 Å². The first kappa shape index (κ1) is 10.5. The van der Waals surface area contributed by atoms with E-state index in [0.29, 0.717) is 0 Å². The molecule has 1 aliphatic heterocycles. The number of benzene rings is 1. The Morgan fingerprint density at radius 1 is 1.41 bits per heavy atom. The molecule has 0 unspecified atom stereocenters. The lowest BCUT2D eigenvalue weighted by molar-refractivity contribution is 0.256. The van der Waals surface area contributed by atoms with Crippen molar-refractivity contribution < 1.29 is 4.79 Å². The molecule has 0 spiro atoms. The highest BCUT2D eigenvalue weighted by Gasteiger charge is 2.39. The molecule has 1 aliphatic carbocycles. The molecule has 1 aromatic rings. The van der Waals surface area contributed by atoms with Crippen LogP contribution in [0.2, 0.25) is 0 Å². The number of nitrogens with zero attached hydrogens (tertiary/aromatic N) is 2. The highest BCUT2D eigenvalue weighted by molar-refractivity contribution is 5.60. The van der Waals surface area contributed by atoms with Gasteiger partial charge in [0.1, 0.15) is 0 Å². The first-order chi connectivity index (χ1) is 8.25. The fraction of sp³-hybridized carbons (Fsp3) is 0.500. The third-order valence-corrected chi connectivity index (χ3v) is 4.19. The standard InChI is InChI=1S/C14H16N2O/c1-16-8-5-11-3-4-12(9-13(11)16)14(15-10-17)6-2-7-14/h3-4,9H,2,5-8H2,1H3. The molecule has 1 saturated carbocycles. The zero-order valence-electron chi connectivity index (χ0n) is 10.1. The molecule has 0 bridgehead atoms. The Labute approximate surface area is 101 Å². The molecule has 0 aromatic heterocycles. The molecule has 88 valence electrons. The number of likely N-dealkylation sites (N-methyl/N-ethyl adjacent to an activating group) is 1. The molecule has 0 atom stereocenters. The second-order valence-electron chi connectivity index (χ2n) is 5.10. The maximum atomic E-state index is 10.6. The van der Waals surface area contributed by atoms with Gasteiger partial charge in [0.05, 0.1) is 5.54 Å². The molecule has 3 heteroatoms. The van der Waals surface area contributed by atoms with Gasteiger partial charge in [-0.2, -0.15) is 4.99 Å². The zero-order chi connectivity index (χ0) is 11.9. The molecule has 0 saturated heterocycles. The van der Waals surface area contributed by atoms with Crippen molar-refractivity contribution in [1.29, 1.82) is 0 Å². The molecule has 0 radical (unpaired) electrons. The third-order valence-electron chi connectivity index (χ3n) is 4.19. The normalized spacial score (nSPS) is 20.4. The fourth-order valence-electron chi connectivity index (χ4n) is 2.89. The third kappa shape index (κ3) is 1.50. The summed E-state index contributed by atoms with van der Waals surface area (Å²) in [6, 6.07) is 6.54. The predicted molar refractivity (Wildman–Crippen MR) is 67.1 cm³/mol. The summed E-state index contributed by atoms with van der Waals surface area (Å²) in [5.74, 6) is 0. The Hall–Kier alpha value is -1.60. The van der Waals surface area contributed by atoms with Crippen LogP contribution >= 0.6 is 0 Å². The average molecular weight is 228 g/mol. The maximum absolute atomic E-state index is 10.6. The van der Waals surface area contributed by atoms with Crippen molar-refractivity contribution >= 4 is 11.8 Å². The van der Waals surface area contributed by atoms with Crippen LogP contribution in [0.4, 0.5) is 5.69 Å². The van der Waals surface area contributed by atoms with Crippen LogP contribution in [0.3, 0.4) is 0 Å². The van der Waals surface area contributed by atoms with Crippen molar-refractivity contribution in [3.05, 3.63) is 29.3 Å². The quantitative estimate of drug-likeness (QED) is 0.575. The second kappa shape index (κ2) is 3.71. The number of carbonyl (C=O) groups excluding carboxylic acids is 1. The number of hydrogen-bond acceptors (Lipinski definition) is 3. The summed E-state index contributed by atoms with van der Waals surface area (Å²) < 4.78 is 0. The van der Waals surface area contributed by atoms with E-state index in [9.17, 15) is 4.79 Å². The summed E-state index contributed by atoms with van der Waals surface area (Å²) in [4.78, 5) is 16.9. The number of anilines is 1. The molecular weight excluding hydrogens is 212 g/mol. The molecule has 1 fully saturated rings. The average Bonchev–Trinajstić information content (AvgIpc) is 2.65. The summed E-state index contributed by atoms with van der Waals surface area (Å²) in [5, 5.41) is 0. The summed E-state index contributed by atoms with van der Waals surface area (Å²) in [6.07, 6.45) is 5.98. The lowest BCUT2D eigenvalue weighted by Gasteiger charge is -2.37. The highest BCUT2D eigenvalue weighted by atomic mass is 16.1. The van der Waals surface area contributed by atoms with E-state index < -0.39 is 0 Å². The minimum absolute atomic E-state index is 0.264. The van der Waals surface area contributed by atoms with E-state index in [1.807, 2.05) is 0 Å². The predicted octanol–water partition coefficient (Wildman–Crippen LogP) is 2.39. The van der Waals surface area contributed by atoms with Gasteiger partial charge in [-0.3, -0.25) is 0 Å². The molecule has 3 rings (SSSR count). The zero-order valence-corrected chi connectivity index (χ0v) is 10.1. The molecule has 0 amide bonds. The van der Waals surface area contributed by atoms with Crippen LogP contribution < -0.4 is 4.90 Å². The molecule has 17 heavy (non-hydrogen) atoms. The summed E-state index contributed by atoms with van der Waals surface area (Å²) in [7, 11) is 2.12. The van der Waals surface area contributed by atoms with E-state index in [1.54, 1.807) is 6.08 Å². The largest absolute Gasteiger partial charge is 0.374 e. The number of fused-ring (bicyclic) bond motifs is 1. The van der Waals surface area contributed by atoms with Gasteiger partial charge in [-0.15, -0.1) is 0 Å². The first-order valence-corrected chi connectivity index (χ1v) is 6.19. The Bertz CT molecular complexity index is 499. The molecule has 3 nitrogen and oxygen atoms in total. The van der Waals surface area contributed by atoms with Crippen LogP contribution in [0.25, 0.3) is 0 Å². The van der Waals surface area contributed by atoms with Crippen molar-refractivity contribution in [2.45, 2.75) is 31.2 Å². The number of hydrogen-bond donors (Lipinski definition) is 0. The van der Waals surface area contributed by atoms with E-state index >= 15 is 0 Å². The Kier molecular flexibility index (Phi) is 2.30. The fourth-order valence-corrected chi connectivity index (χ4v) is 2.89. The van der Waals surface area contributed by atoms with Crippen LogP contribution in [0.5, 0.6) is 0 Å². The SMILES string of the molecule is CN1CCc2ccc(C3(N=C=O)CCC3)cc21. The van der Waals surface area contributed by atoms with Gasteiger partial charge in [-0.25, -0.2) is 4.79 Å². The Balaban J connectivity index is 2.04. The van der Waals surface area contributed by atoms with Gasteiger partial charge in [0.25, 0.3) is 0 Å². The summed E-state index contributed by atoms with van der Waals surface area (Å²) >= 11 is 0.